The normalized spacial score (nSPS) is 18.1. The van der Waals surface area contributed by atoms with Crippen LogP contribution in [0.1, 0.15) is 39.0 Å². The average Bonchev–Trinajstić information content (AvgIpc) is 2.53. The first-order valence-electron chi connectivity index (χ1n) is 4.78. The van der Waals surface area contributed by atoms with Gasteiger partial charge >= 0.3 is 5.97 Å². The Morgan fingerprint density at radius 2 is 2.08 bits per heavy atom. The third kappa shape index (κ3) is 3.22. The molecule has 0 spiro atoms. The van der Waals surface area contributed by atoms with Crippen LogP contribution >= 0.6 is 0 Å². The zero-order valence-corrected chi connectivity index (χ0v) is 7.71. The van der Waals surface area contributed by atoms with E-state index in [1.54, 1.807) is 5.06 Å². The first kappa shape index (κ1) is 9.52. The maximum atomic E-state index is 11.1. The summed E-state index contributed by atoms with van der Waals surface area (Å²) in [6, 6.07) is 0. The maximum absolute atomic E-state index is 11.1. The zero-order valence-electron chi connectivity index (χ0n) is 7.71. The number of carbonyl (C=O) groups excluding carboxylic acids is 1. The molecule has 3 nitrogen and oxygen atoms in total. The molecule has 1 rings (SSSR count). The van der Waals surface area contributed by atoms with Gasteiger partial charge < -0.3 is 4.84 Å². The Labute approximate surface area is 73.6 Å². The van der Waals surface area contributed by atoms with Crippen LogP contribution in [-0.2, 0) is 9.63 Å². The van der Waals surface area contributed by atoms with E-state index in [1.165, 1.54) is 0 Å². The number of hydroxylamine groups is 2. The molecule has 1 aliphatic rings. The third-order valence-corrected chi connectivity index (χ3v) is 2.03. The second-order valence-electron chi connectivity index (χ2n) is 3.20. The highest BCUT2D eigenvalue weighted by Gasteiger charge is 2.15. The van der Waals surface area contributed by atoms with Gasteiger partial charge in [0.15, 0.2) is 0 Å². The van der Waals surface area contributed by atoms with E-state index >= 15 is 0 Å². The summed E-state index contributed by atoms with van der Waals surface area (Å²) in [5, 5.41) is 1.78. The number of carbonyl (C=O) groups is 1. The number of rotatable bonds is 4. The van der Waals surface area contributed by atoms with Crippen molar-refractivity contribution in [2.45, 2.75) is 39.0 Å². The van der Waals surface area contributed by atoms with Gasteiger partial charge in [0.1, 0.15) is 0 Å². The van der Waals surface area contributed by atoms with Crippen LogP contribution in [0.4, 0.5) is 0 Å². The topological polar surface area (TPSA) is 29.5 Å². The summed E-state index contributed by atoms with van der Waals surface area (Å²) in [5.74, 6) is -0.0706. The lowest BCUT2D eigenvalue weighted by atomic mass is 10.3. The Bertz CT molecular complexity index is 141. The van der Waals surface area contributed by atoms with Crippen molar-refractivity contribution in [3.8, 4) is 0 Å². The van der Waals surface area contributed by atoms with Crippen LogP contribution < -0.4 is 0 Å². The van der Waals surface area contributed by atoms with E-state index in [0.29, 0.717) is 6.42 Å². The lowest BCUT2D eigenvalue weighted by molar-refractivity contribution is -0.185. The molecule has 0 aromatic rings. The molecule has 0 aromatic carbocycles. The molecule has 0 radical (unpaired) electrons. The molecule has 1 fully saturated rings. The number of hydrogen-bond donors (Lipinski definition) is 0. The highest BCUT2D eigenvalue weighted by Crippen LogP contribution is 2.09. The van der Waals surface area contributed by atoms with Gasteiger partial charge in [-0.25, -0.2) is 0 Å². The van der Waals surface area contributed by atoms with E-state index in [1.807, 2.05) is 0 Å². The second kappa shape index (κ2) is 5.14. The quantitative estimate of drug-likeness (QED) is 0.645. The van der Waals surface area contributed by atoms with Gasteiger partial charge in [-0.2, -0.15) is 0 Å². The molecule has 12 heavy (non-hydrogen) atoms. The Hall–Kier alpha value is -0.570. The van der Waals surface area contributed by atoms with Gasteiger partial charge in [-0.05, 0) is 19.3 Å². The summed E-state index contributed by atoms with van der Waals surface area (Å²) in [6.07, 6.45) is 4.86. The van der Waals surface area contributed by atoms with Gasteiger partial charge in [-0.3, -0.25) is 4.79 Å². The first-order chi connectivity index (χ1) is 5.83. The molecular formula is C9H17NO2. The van der Waals surface area contributed by atoms with Crippen molar-refractivity contribution in [2.75, 3.05) is 13.1 Å². The predicted molar refractivity (Wildman–Crippen MR) is 46.4 cm³/mol. The largest absolute Gasteiger partial charge is 0.368 e. The first-order valence-corrected chi connectivity index (χ1v) is 4.78. The molecule has 0 unspecified atom stereocenters. The number of unbranched alkanes of at least 4 members (excludes halogenated alkanes) is 1. The Kier molecular flexibility index (Phi) is 4.08. The third-order valence-electron chi connectivity index (χ3n) is 2.03. The summed E-state index contributed by atoms with van der Waals surface area (Å²) in [7, 11) is 0. The van der Waals surface area contributed by atoms with E-state index in [9.17, 15) is 4.79 Å². The van der Waals surface area contributed by atoms with E-state index in [-0.39, 0.29) is 5.97 Å². The fourth-order valence-electron chi connectivity index (χ4n) is 1.29. The minimum Gasteiger partial charge on any atom is -0.368 e. The number of hydrogen-bond acceptors (Lipinski definition) is 3. The molecule has 0 bridgehead atoms. The summed E-state index contributed by atoms with van der Waals surface area (Å²) in [5.41, 5.74) is 0. The summed E-state index contributed by atoms with van der Waals surface area (Å²) in [4.78, 5) is 16.2. The van der Waals surface area contributed by atoms with Crippen LogP contribution in [0.5, 0.6) is 0 Å². The van der Waals surface area contributed by atoms with Gasteiger partial charge in [0.25, 0.3) is 0 Å². The Morgan fingerprint density at radius 3 is 2.67 bits per heavy atom. The van der Waals surface area contributed by atoms with Gasteiger partial charge in [-0.1, -0.05) is 13.3 Å². The predicted octanol–water partition coefficient (Wildman–Crippen LogP) is 1.73. The van der Waals surface area contributed by atoms with Crippen LogP contribution in [-0.4, -0.2) is 24.1 Å². The van der Waals surface area contributed by atoms with Crippen molar-refractivity contribution in [3.63, 3.8) is 0 Å². The van der Waals surface area contributed by atoms with E-state index in [2.05, 4.69) is 6.92 Å². The molecule has 3 heteroatoms. The van der Waals surface area contributed by atoms with Gasteiger partial charge in [-0.15, -0.1) is 5.06 Å². The molecule has 0 N–H and O–H groups in total. The van der Waals surface area contributed by atoms with Crippen molar-refractivity contribution in [2.24, 2.45) is 0 Å². The molecule has 70 valence electrons. The van der Waals surface area contributed by atoms with E-state index in [4.69, 9.17) is 4.84 Å². The minimum absolute atomic E-state index is 0.0706. The summed E-state index contributed by atoms with van der Waals surface area (Å²) < 4.78 is 0. The lowest BCUT2D eigenvalue weighted by Gasteiger charge is -2.13. The van der Waals surface area contributed by atoms with Crippen LogP contribution in [0, 0.1) is 0 Å². The maximum Gasteiger partial charge on any atom is 0.325 e. The van der Waals surface area contributed by atoms with E-state index < -0.39 is 0 Å². The monoisotopic (exact) mass is 171 g/mol. The van der Waals surface area contributed by atoms with Gasteiger partial charge in [0.2, 0.25) is 0 Å². The van der Waals surface area contributed by atoms with Crippen molar-refractivity contribution in [3.05, 3.63) is 0 Å². The Morgan fingerprint density at radius 1 is 1.42 bits per heavy atom. The fourth-order valence-corrected chi connectivity index (χ4v) is 1.29. The fraction of sp³-hybridized carbons (Fsp3) is 0.889. The molecule has 1 aliphatic heterocycles. The molecule has 0 amide bonds. The van der Waals surface area contributed by atoms with Crippen molar-refractivity contribution in [1.29, 1.82) is 0 Å². The smallest absolute Gasteiger partial charge is 0.325 e. The van der Waals surface area contributed by atoms with Crippen molar-refractivity contribution < 1.29 is 9.63 Å². The number of nitrogens with zero attached hydrogens (tertiary/aromatic N) is 1. The average molecular weight is 171 g/mol. The van der Waals surface area contributed by atoms with Crippen molar-refractivity contribution >= 4 is 5.97 Å². The van der Waals surface area contributed by atoms with E-state index in [0.717, 1.165) is 38.8 Å². The minimum atomic E-state index is -0.0706. The standard InChI is InChI=1S/C9H17NO2/c1-2-3-6-9(11)12-10-7-4-5-8-10/h2-8H2,1H3. The second-order valence-corrected chi connectivity index (χ2v) is 3.20. The molecule has 1 heterocycles. The Balaban J connectivity index is 2.08. The SMILES string of the molecule is CCCCC(=O)ON1CCCC1. The molecular weight excluding hydrogens is 154 g/mol. The molecule has 0 saturated carbocycles. The zero-order chi connectivity index (χ0) is 8.81. The molecule has 1 saturated heterocycles. The molecule has 0 atom stereocenters. The summed E-state index contributed by atoms with van der Waals surface area (Å²) >= 11 is 0. The van der Waals surface area contributed by atoms with Gasteiger partial charge in [0, 0.05) is 19.5 Å². The van der Waals surface area contributed by atoms with Crippen LogP contribution in [0.15, 0.2) is 0 Å². The van der Waals surface area contributed by atoms with Gasteiger partial charge in [0.05, 0.1) is 0 Å². The van der Waals surface area contributed by atoms with Crippen LogP contribution in [0.25, 0.3) is 0 Å². The lowest BCUT2D eigenvalue weighted by Crippen LogP contribution is -2.23. The van der Waals surface area contributed by atoms with Crippen LogP contribution in [0.2, 0.25) is 0 Å². The highest BCUT2D eigenvalue weighted by molar-refractivity contribution is 5.68. The molecule has 0 aliphatic carbocycles. The summed E-state index contributed by atoms with van der Waals surface area (Å²) in [6.45, 7) is 3.90. The molecule has 0 aromatic heterocycles. The van der Waals surface area contributed by atoms with Crippen LogP contribution in [0.3, 0.4) is 0 Å². The van der Waals surface area contributed by atoms with Crippen molar-refractivity contribution in [1.82, 2.24) is 5.06 Å². The highest BCUT2D eigenvalue weighted by atomic mass is 16.7.